The van der Waals surface area contributed by atoms with Gasteiger partial charge in [0, 0.05) is 6.54 Å². The van der Waals surface area contributed by atoms with E-state index in [1.54, 1.807) is 0 Å². The summed E-state index contributed by atoms with van der Waals surface area (Å²) in [6, 6.07) is 4.14. The van der Waals surface area contributed by atoms with Gasteiger partial charge in [-0.2, -0.15) is 0 Å². The summed E-state index contributed by atoms with van der Waals surface area (Å²) in [5.74, 6) is 0.476. The monoisotopic (exact) mass is 246 g/mol. The molecule has 3 nitrogen and oxygen atoms in total. The lowest BCUT2D eigenvalue weighted by Crippen LogP contribution is -2.49. The highest BCUT2D eigenvalue weighted by Crippen LogP contribution is 2.35. The van der Waals surface area contributed by atoms with E-state index < -0.39 is 0 Å². The van der Waals surface area contributed by atoms with E-state index in [-0.39, 0.29) is 11.9 Å². The van der Waals surface area contributed by atoms with E-state index in [1.165, 1.54) is 11.1 Å². The number of rotatable bonds is 2. The number of hydrogen-bond acceptors (Lipinski definition) is 2. The van der Waals surface area contributed by atoms with Gasteiger partial charge in [0.1, 0.15) is 6.04 Å². The predicted octanol–water partition coefficient (Wildman–Crippen LogP) is 3.11. The number of likely N-dealkylation sites (N-methyl/N-ethyl adjacent to an activating group) is 1. The van der Waals surface area contributed by atoms with Crippen molar-refractivity contribution in [1.29, 1.82) is 0 Å². The van der Waals surface area contributed by atoms with E-state index >= 15 is 0 Å². The van der Waals surface area contributed by atoms with Crippen molar-refractivity contribution in [3.05, 3.63) is 23.3 Å². The molecule has 1 atom stereocenters. The van der Waals surface area contributed by atoms with Crippen LogP contribution in [0.25, 0.3) is 0 Å². The van der Waals surface area contributed by atoms with Crippen LogP contribution in [0.2, 0.25) is 0 Å². The average Bonchev–Trinajstić information content (AvgIpc) is 2.30. The van der Waals surface area contributed by atoms with Crippen LogP contribution in [-0.4, -0.2) is 18.5 Å². The Morgan fingerprint density at radius 2 is 1.89 bits per heavy atom. The van der Waals surface area contributed by atoms with Crippen LogP contribution in [0.3, 0.4) is 0 Å². The fourth-order valence-electron chi connectivity index (χ4n) is 2.43. The van der Waals surface area contributed by atoms with E-state index in [0.717, 1.165) is 17.9 Å². The molecule has 1 amide bonds. The summed E-state index contributed by atoms with van der Waals surface area (Å²) in [6.07, 6.45) is 0. The lowest BCUT2D eigenvalue weighted by molar-refractivity contribution is -0.120. The van der Waals surface area contributed by atoms with Gasteiger partial charge in [-0.05, 0) is 49.9 Å². The molecule has 0 aliphatic carbocycles. The molecule has 98 valence electrons. The molecule has 1 unspecified atom stereocenters. The second kappa shape index (κ2) is 4.63. The summed E-state index contributed by atoms with van der Waals surface area (Å²) >= 11 is 0. The van der Waals surface area contributed by atoms with Crippen LogP contribution in [0.5, 0.6) is 0 Å². The van der Waals surface area contributed by atoms with Crippen molar-refractivity contribution >= 4 is 17.3 Å². The zero-order chi connectivity index (χ0) is 13.4. The molecule has 18 heavy (non-hydrogen) atoms. The third-order valence-corrected chi connectivity index (χ3v) is 3.73. The first-order valence-corrected chi connectivity index (χ1v) is 6.64. The first-order valence-electron chi connectivity index (χ1n) is 6.64. The molecule has 0 aromatic heterocycles. The molecule has 0 fully saturated rings. The number of amides is 1. The number of nitrogens with one attached hydrogen (secondary N) is 1. The van der Waals surface area contributed by atoms with Crippen LogP contribution >= 0.6 is 0 Å². The van der Waals surface area contributed by atoms with E-state index in [1.807, 2.05) is 11.8 Å². The summed E-state index contributed by atoms with van der Waals surface area (Å²) in [5, 5.41) is 3.39. The van der Waals surface area contributed by atoms with Crippen molar-refractivity contribution in [2.75, 3.05) is 16.8 Å². The molecular formula is C15H22N2O. The normalized spacial score (nSPS) is 18.9. The van der Waals surface area contributed by atoms with E-state index in [9.17, 15) is 4.79 Å². The number of anilines is 2. The van der Waals surface area contributed by atoms with Crippen molar-refractivity contribution in [3.63, 3.8) is 0 Å². The average molecular weight is 246 g/mol. The van der Waals surface area contributed by atoms with Gasteiger partial charge in [0.15, 0.2) is 0 Å². The zero-order valence-corrected chi connectivity index (χ0v) is 11.9. The van der Waals surface area contributed by atoms with E-state index in [2.05, 4.69) is 45.1 Å². The van der Waals surface area contributed by atoms with Gasteiger partial charge in [-0.25, -0.2) is 0 Å². The minimum absolute atomic E-state index is 0.112. The van der Waals surface area contributed by atoms with Gasteiger partial charge >= 0.3 is 0 Å². The molecule has 1 aliphatic rings. The summed E-state index contributed by atoms with van der Waals surface area (Å²) in [5.41, 5.74) is 4.58. The minimum atomic E-state index is -0.112. The predicted molar refractivity (Wildman–Crippen MR) is 76.2 cm³/mol. The molecule has 0 spiro atoms. The largest absolute Gasteiger partial charge is 0.372 e. The third-order valence-electron chi connectivity index (χ3n) is 3.73. The number of hydrogen-bond donors (Lipinski definition) is 1. The fraction of sp³-hybridized carbons (Fsp3) is 0.533. The van der Waals surface area contributed by atoms with Crippen LogP contribution in [0.4, 0.5) is 11.4 Å². The summed E-state index contributed by atoms with van der Waals surface area (Å²) in [4.78, 5) is 14.3. The highest BCUT2D eigenvalue weighted by atomic mass is 16.2. The molecule has 1 heterocycles. The maximum atomic E-state index is 12.4. The molecule has 0 saturated heterocycles. The molecule has 1 N–H and O–H groups in total. The topological polar surface area (TPSA) is 32.3 Å². The van der Waals surface area contributed by atoms with Gasteiger partial charge < -0.3 is 10.2 Å². The van der Waals surface area contributed by atoms with E-state index in [0.29, 0.717) is 5.92 Å². The maximum absolute atomic E-state index is 12.4. The van der Waals surface area contributed by atoms with Gasteiger partial charge in [0.2, 0.25) is 5.91 Å². The number of nitrogens with zero attached hydrogens (tertiary/aromatic N) is 1. The lowest BCUT2D eigenvalue weighted by Gasteiger charge is -2.37. The Labute approximate surface area is 109 Å². The number of fused-ring (bicyclic) bond motifs is 1. The zero-order valence-electron chi connectivity index (χ0n) is 11.9. The van der Waals surface area contributed by atoms with Crippen LogP contribution in [0, 0.1) is 19.8 Å². The molecular weight excluding hydrogens is 224 g/mol. The number of carbonyl (C=O) groups excluding carboxylic acids is 1. The molecule has 2 rings (SSSR count). The highest BCUT2D eigenvalue weighted by Gasteiger charge is 2.33. The molecule has 0 radical (unpaired) electrons. The van der Waals surface area contributed by atoms with Gasteiger partial charge in [-0.1, -0.05) is 13.8 Å². The summed E-state index contributed by atoms with van der Waals surface area (Å²) < 4.78 is 0. The molecule has 0 saturated carbocycles. The second-order valence-electron chi connectivity index (χ2n) is 5.40. The molecule has 3 heteroatoms. The number of benzene rings is 1. The van der Waals surface area contributed by atoms with Crippen LogP contribution < -0.4 is 10.2 Å². The minimum Gasteiger partial charge on any atom is -0.372 e. The van der Waals surface area contributed by atoms with Crippen molar-refractivity contribution in [2.24, 2.45) is 5.92 Å². The quantitative estimate of drug-likeness (QED) is 0.869. The van der Waals surface area contributed by atoms with Crippen LogP contribution in [-0.2, 0) is 4.79 Å². The SMILES string of the molecule is CCN1C(=O)C(C(C)C)Nc2cc(C)c(C)cc21. The molecule has 0 bridgehead atoms. The van der Waals surface area contributed by atoms with Gasteiger partial charge in [-0.15, -0.1) is 0 Å². The highest BCUT2D eigenvalue weighted by molar-refractivity contribution is 6.05. The maximum Gasteiger partial charge on any atom is 0.249 e. The van der Waals surface area contributed by atoms with Crippen molar-refractivity contribution < 1.29 is 4.79 Å². The fourth-order valence-corrected chi connectivity index (χ4v) is 2.43. The van der Waals surface area contributed by atoms with E-state index in [4.69, 9.17) is 0 Å². The number of aryl methyl sites for hydroxylation is 2. The summed E-state index contributed by atoms with van der Waals surface area (Å²) in [6.45, 7) is 11.1. The van der Waals surface area contributed by atoms with Gasteiger partial charge in [0.25, 0.3) is 0 Å². The van der Waals surface area contributed by atoms with Crippen LogP contribution in [0.15, 0.2) is 12.1 Å². The Hall–Kier alpha value is -1.51. The summed E-state index contributed by atoms with van der Waals surface area (Å²) in [7, 11) is 0. The Bertz CT molecular complexity index is 480. The van der Waals surface area contributed by atoms with Crippen molar-refractivity contribution in [2.45, 2.75) is 40.7 Å². The van der Waals surface area contributed by atoms with Crippen molar-refractivity contribution in [3.8, 4) is 0 Å². The smallest absolute Gasteiger partial charge is 0.249 e. The molecule has 1 aliphatic heterocycles. The first kappa shape index (κ1) is 12.9. The lowest BCUT2D eigenvalue weighted by atomic mass is 9.97. The molecule has 1 aromatic carbocycles. The number of carbonyl (C=O) groups is 1. The second-order valence-corrected chi connectivity index (χ2v) is 5.40. The Morgan fingerprint density at radius 3 is 2.44 bits per heavy atom. The van der Waals surface area contributed by atoms with Gasteiger partial charge in [0.05, 0.1) is 11.4 Å². The third kappa shape index (κ3) is 1.98. The Balaban J connectivity index is 2.52. The van der Waals surface area contributed by atoms with Crippen molar-refractivity contribution in [1.82, 2.24) is 0 Å². The Morgan fingerprint density at radius 1 is 1.28 bits per heavy atom. The first-order chi connectivity index (χ1) is 8.45. The van der Waals surface area contributed by atoms with Crippen LogP contribution in [0.1, 0.15) is 31.9 Å². The Kier molecular flexibility index (Phi) is 3.33. The standard InChI is InChI=1S/C15H22N2O/c1-6-17-13-8-11(5)10(4)7-12(13)16-14(9(2)3)15(17)18/h7-9,14,16H,6H2,1-5H3. The van der Waals surface area contributed by atoms with Gasteiger partial charge in [-0.3, -0.25) is 4.79 Å². The molecule has 1 aromatic rings.